The van der Waals surface area contributed by atoms with Crippen LogP contribution in [-0.2, 0) is 16.1 Å². The molecule has 0 spiro atoms. The van der Waals surface area contributed by atoms with E-state index in [-0.39, 0.29) is 37.1 Å². The van der Waals surface area contributed by atoms with Crippen LogP contribution in [0.1, 0.15) is 29.7 Å². The summed E-state index contributed by atoms with van der Waals surface area (Å²) in [6, 6.07) is 22.3. The van der Waals surface area contributed by atoms with Gasteiger partial charge in [-0.2, -0.15) is 4.57 Å². The maximum atomic E-state index is 12.7. The molecule has 2 unspecified atom stereocenters. The highest BCUT2D eigenvalue weighted by molar-refractivity contribution is 8.76. The summed E-state index contributed by atoms with van der Waals surface area (Å²) >= 11 is 0. The van der Waals surface area contributed by atoms with Gasteiger partial charge in [0.1, 0.15) is 6.54 Å². The number of benzene rings is 2. The first kappa shape index (κ1) is 40.6. The van der Waals surface area contributed by atoms with Crippen molar-refractivity contribution in [3.63, 3.8) is 0 Å². The second kappa shape index (κ2) is 21.9. The lowest BCUT2D eigenvalue weighted by Crippen LogP contribution is -2.45. The molecule has 0 saturated carbocycles. The molecule has 54 heavy (non-hydrogen) atoms. The number of allylic oxidation sites excluding steroid dienone is 4. The monoisotopic (exact) mass is 767 g/mol. The third kappa shape index (κ3) is 13.7. The Balaban J connectivity index is 0.951. The van der Waals surface area contributed by atoms with Crippen LogP contribution < -0.4 is 25.0 Å². The molecule has 2 fully saturated rings. The van der Waals surface area contributed by atoms with Crippen molar-refractivity contribution in [3.05, 3.63) is 121 Å². The minimum Gasteiger partial charge on any atom is -0.391 e. The minimum atomic E-state index is -0.260. The van der Waals surface area contributed by atoms with Crippen molar-refractivity contribution in [1.82, 2.24) is 10.6 Å². The third-order valence-electron chi connectivity index (χ3n) is 8.93. The number of aliphatic imine (C=N–C) groups is 1. The maximum Gasteiger partial charge on any atom is 0.286 e. The van der Waals surface area contributed by atoms with E-state index in [0.717, 1.165) is 65.6 Å². The van der Waals surface area contributed by atoms with Crippen LogP contribution in [0.15, 0.2) is 109 Å². The van der Waals surface area contributed by atoms with Crippen molar-refractivity contribution >= 4 is 68.7 Å². The molecule has 5 rings (SSSR count). The smallest absolute Gasteiger partial charge is 0.286 e. The van der Waals surface area contributed by atoms with Gasteiger partial charge >= 0.3 is 0 Å². The molecule has 2 aromatic carbocycles. The van der Waals surface area contributed by atoms with Gasteiger partial charge in [-0.3, -0.25) is 14.6 Å². The standard InChI is InChI=1S/C42H50N6O4S2/c1-2-3-6-35(14-8-33-10-16-37(17-11-33)47-25-20-39(49)30-47)45-29-41(51)43-22-27-53-54-28-23-44-42(52)32-46-24-5-4-7-36(46)15-9-34-12-18-38(19-13-34)48-26-21-40(50)31-48/h2-19,24,39-40,49-50H,1,20-23,25-32H2,(H-,43,44,51,52)/p+1/b6-3-,14-8+,45-35?. The number of pyridine rings is 1. The van der Waals surface area contributed by atoms with Gasteiger partial charge in [-0.1, -0.05) is 70.7 Å². The number of amides is 2. The van der Waals surface area contributed by atoms with Gasteiger partial charge in [0.25, 0.3) is 5.91 Å². The summed E-state index contributed by atoms with van der Waals surface area (Å²) in [4.78, 5) is 34.0. The van der Waals surface area contributed by atoms with Crippen LogP contribution in [-0.4, -0.2) is 97.3 Å². The van der Waals surface area contributed by atoms with Crippen LogP contribution in [0.3, 0.4) is 0 Å². The fraction of sp³-hybridized carbons (Fsp3) is 0.333. The van der Waals surface area contributed by atoms with Crippen molar-refractivity contribution in [3.8, 4) is 0 Å². The van der Waals surface area contributed by atoms with E-state index in [4.69, 9.17) is 0 Å². The fourth-order valence-corrected chi connectivity index (χ4v) is 7.85. The number of hydrogen-bond acceptors (Lipinski definition) is 9. The topological polar surface area (TPSA) is 121 Å². The van der Waals surface area contributed by atoms with Crippen molar-refractivity contribution in [2.24, 2.45) is 4.99 Å². The number of aromatic nitrogens is 1. The molecule has 3 heterocycles. The number of aliphatic hydroxyl groups is 2. The van der Waals surface area contributed by atoms with Gasteiger partial charge in [-0.05, 0) is 72.5 Å². The molecule has 2 atom stereocenters. The molecule has 10 nitrogen and oxygen atoms in total. The van der Waals surface area contributed by atoms with E-state index < -0.39 is 0 Å². The highest BCUT2D eigenvalue weighted by atomic mass is 33.1. The van der Waals surface area contributed by atoms with Gasteiger partial charge in [0.05, 0.1) is 17.9 Å². The van der Waals surface area contributed by atoms with Gasteiger partial charge in [-0.25, -0.2) is 0 Å². The molecule has 284 valence electrons. The molecule has 3 aromatic rings. The number of nitrogens with one attached hydrogen (secondary N) is 2. The predicted molar refractivity (Wildman–Crippen MR) is 226 cm³/mol. The van der Waals surface area contributed by atoms with E-state index in [1.807, 2.05) is 71.5 Å². The molecule has 0 bridgehead atoms. The zero-order chi connectivity index (χ0) is 38.0. The first-order valence-electron chi connectivity index (χ1n) is 18.4. The van der Waals surface area contributed by atoms with Gasteiger partial charge in [-0.15, -0.1) is 0 Å². The Kier molecular flexibility index (Phi) is 16.5. The quantitative estimate of drug-likeness (QED) is 0.0452. The van der Waals surface area contributed by atoms with E-state index in [2.05, 4.69) is 68.4 Å². The summed E-state index contributed by atoms with van der Waals surface area (Å²) in [6.45, 7) is 8.13. The Morgan fingerprint density at radius 2 is 1.39 bits per heavy atom. The normalized spacial score (nSPS) is 17.6. The van der Waals surface area contributed by atoms with Crippen molar-refractivity contribution in [1.29, 1.82) is 0 Å². The molecular weight excluding hydrogens is 717 g/mol. The number of hydrogen-bond donors (Lipinski definition) is 4. The largest absolute Gasteiger partial charge is 0.391 e. The summed E-state index contributed by atoms with van der Waals surface area (Å²) in [7, 11) is 3.31. The zero-order valence-corrected chi connectivity index (χ0v) is 32.3. The molecule has 2 saturated heterocycles. The molecule has 12 heteroatoms. The highest BCUT2D eigenvalue weighted by Gasteiger charge is 2.21. The van der Waals surface area contributed by atoms with E-state index >= 15 is 0 Å². The van der Waals surface area contributed by atoms with Gasteiger partial charge in [0.2, 0.25) is 18.1 Å². The number of carbonyl (C=O) groups is 2. The average Bonchev–Trinajstić information content (AvgIpc) is 3.83. The number of anilines is 2. The van der Waals surface area contributed by atoms with Crippen LogP contribution in [0.4, 0.5) is 11.4 Å². The Hall–Kier alpha value is -4.62. The number of rotatable bonds is 19. The summed E-state index contributed by atoms with van der Waals surface area (Å²) in [5.74, 6) is 1.30. The molecule has 2 aliphatic heterocycles. The van der Waals surface area contributed by atoms with Gasteiger partial charge in [0, 0.05) is 80.4 Å². The Bertz CT molecular complexity index is 1790. The Morgan fingerprint density at radius 1 is 0.796 bits per heavy atom. The van der Waals surface area contributed by atoms with Crippen LogP contribution >= 0.6 is 21.6 Å². The first-order valence-corrected chi connectivity index (χ1v) is 20.9. The maximum absolute atomic E-state index is 12.7. The lowest BCUT2D eigenvalue weighted by molar-refractivity contribution is -0.686. The zero-order valence-electron chi connectivity index (χ0n) is 30.6. The van der Waals surface area contributed by atoms with Crippen molar-refractivity contribution < 1.29 is 24.4 Å². The molecule has 1 aromatic heterocycles. The van der Waals surface area contributed by atoms with Gasteiger partial charge < -0.3 is 30.6 Å². The highest BCUT2D eigenvalue weighted by Crippen LogP contribution is 2.23. The van der Waals surface area contributed by atoms with Gasteiger partial charge in [0.15, 0.2) is 6.20 Å². The minimum absolute atomic E-state index is 0.0244. The number of β-amino-alcohol motifs (C(OH)–C–C–N with tert-alkyl or cyclic N) is 2. The lowest BCUT2D eigenvalue weighted by Gasteiger charge is -2.17. The summed E-state index contributed by atoms with van der Waals surface area (Å²) in [5, 5.41) is 25.6. The van der Waals surface area contributed by atoms with E-state index in [1.54, 1.807) is 33.7 Å². The summed E-state index contributed by atoms with van der Waals surface area (Å²) in [5.41, 5.74) is 5.90. The van der Waals surface area contributed by atoms with Crippen LogP contribution in [0, 0.1) is 0 Å². The van der Waals surface area contributed by atoms with Crippen LogP contribution in [0.25, 0.3) is 18.2 Å². The SMILES string of the molecule is C=C/C=C\C(/C=C/c1ccc(N2CCC(O)C2)cc1)=NCC(=O)NCCSSCCNC(=O)C[n+]1ccccc1/C=C/c1ccc(N2CCC(O)C2)cc1. The summed E-state index contributed by atoms with van der Waals surface area (Å²) < 4.78 is 1.93. The van der Waals surface area contributed by atoms with E-state index in [9.17, 15) is 19.8 Å². The van der Waals surface area contributed by atoms with Crippen LogP contribution in [0.2, 0.25) is 0 Å². The molecule has 0 aliphatic carbocycles. The molecule has 4 N–H and O–H groups in total. The van der Waals surface area contributed by atoms with Crippen molar-refractivity contribution in [2.45, 2.75) is 31.6 Å². The van der Waals surface area contributed by atoms with Crippen LogP contribution in [0.5, 0.6) is 0 Å². The average molecular weight is 768 g/mol. The first-order chi connectivity index (χ1) is 26.4. The molecule has 2 amide bonds. The number of nitrogens with zero attached hydrogens (tertiary/aromatic N) is 4. The summed E-state index contributed by atoms with van der Waals surface area (Å²) in [6.07, 6.45) is 16.2. The second-order valence-electron chi connectivity index (χ2n) is 13.1. The molecule has 0 radical (unpaired) electrons. The van der Waals surface area contributed by atoms with Crippen molar-refractivity contribution in [2.75, 3.05) is 67.1 Å². The second-order valence-corrected chi connectivity index (χ2v) is 15.8. The fourth-order valence-electron chi connectivity index (χ4n) is 6.03. The van der Waals surface area contributed by atoms with E-state index in [1.165, 1.54) is 0 Å². The predicted octanol–water partition coefficient (Wildman–Crippen LogP) is 4.80. The number of carbonyl (C=O) groups excluding carboxylic acids is 2. The third-order valence-corrected chi connectivity index (χ3v) is 11.3. The Morgan fingerprint density at radius 3 is 1.96 bits per heavy atom. The van der Waals surface area contributed by atoms with E-state index in [0.29, 0.717) is 31.9 Å². The lowest BCUT2D eigenvalue weighted by atomic mass is 10.1. The number of aliphatic hydroxyl groups excluding tert-OH is 2. The Labute approximate surface area is 326 Å². The molecule has 2 aliphatic rings. The molecular formula is C42H51N6O4S2+.